The van der Waals surface area contributed by atoms with E-state index in [1.165, 1.54) is 12.1 Å². The Morgan fingerprint density at radius 3 is 2.75 bits per heavy atom. The normalized spacial score (nSPS) is 12.5. The zero-order valence-electron chi connectivity index (χ0n) is 9.70. The predicted molar refractivity (Wildman–Crippen MR) is 61.1 cm³/mol. The number of rotatable bonds is 6. The monoisotopic (exact) mass is 227 g/mol. The Kier molecular flexibility index (Phi) is 5.22. The molecule has 0 saturated carbocycles. The molecule has 0 aliphatic heterocycles. The molecular weight excluding hydrogens is 209 g/mol. The molecule has 0 radical (unpaired) electrons. The van der Waals surface area contributed by atoms with Crippen LogP contribution in [0.2, 0.25) is 0 Å². The third kappa shape index (κ3) is 4.16. The van der Waals surface area contributed by atoms with E-state index in [0.29, 0.717) is 25.3 Å². The van der Waals surface area contributed by atoms with Gasteiger partial charge in [-0.15, -0.1) is 0 Å². The zero-order chi connectivity index (χ0) is 12.0. The summed E-state index contributed by atoms with van der Waals surface area (Å²) in [4.78, 5) is 0. The molecule has 1 aromatic rings. The van der Waals surface area contributed by atoms with Gasteiger partial charge in [-0.25, -0.2) is 4.39 Å². The largest absolute Gasteiger partial charge is 0.488 e. The van der Waals surface area contributed by atoms with Gasteiger partial charge in [0.1, 0.15) is 17.7 Å². The van der Waals surface area contributed by atoms with Gasteiger partial charge in [-0.1, -0.05) is 0 Å². The number of ether oxygens (including phenoxy) is 2. The van der Waals surface area contributed by atoms with Crippen molar-refractivity contribution in [3.8, 4) is 5.75 Å². The lowest BCUT2D eigenvalue weighted by Gasteiger charge is -2.14. The van der Waals surface area contributed by atoms with Crippen LogP contribution >= 0.6 is 0 Å². The molecule has 0 saturated heterocycles. The first kappa shape index (κ1) is 12.9. The van der Waals surface area contributed by atoms with Gasteiger partial charge in [0.05, 0.1) is 6.61 Å². The van der Waals surface area contributed by atoms with Gasteiger partial charge < -0.3 is 15.2 Å². The Hall–Kier alpha value is -1.13. The van der Waals surface area contributed by atoms with Gasteiger partial charge in [-0.3, -0.25) is 0 Å². The van der Waals surface area contributed by atoms with Crippen molar-refractivity contribution in [2.45, 2.75) is 19.4 Å². The molecule has 1 unspecified atom stereocenters. The van der Waals surface area contributed by atoms with Crippen LogP contribution in [0.5, 0.6) is 5.75 Å². The maximum atomic E-state index is 13.2. The fourth-order valence-corrected chi connectivity index (χ4v) is 1.50. The maximum absolute atomic E-state index is 13.2. The molecule has 0 bridgehead atoms. The molecule has 4 heteroatoms. The van der Waals surface area contributed by atoms with Crippen LogP contribution in [-0.2, 0) is 11.2 Å². The van der Waals surface area contributed by atoms with Crippen LogP contribution < -0.4 is 10.5 Å². The van der Waals surface area contributed by atoms with Crippen molar-refractivity contribution in [1.29, 1.82) is 0 Å². The lowest BCUT2D eigenvalue weighted by Crippen LogP contribution is -2.18. The number of halogens is 1. The third-order valence-corrected chi connectivity index (χ3v) is 2.10. The lowest BCUT2D eigenvalue weighted by molar-refractivity contribution is 0.0918. The van der Waals surface area contributed by atoms with Gasteiger partial charge in [-0.05, 0) is 37.6 Å². The van der Waals surface area contributed by atoms with Crippen LogP contribution in [0, 0.1) is 5.82 Å². The number of hydrogen-bond acceptors (Lipinski definition) is 3. The molecule has 0 heterocycles. The summed E-state index contributed by atoms with van der Waals surface area (Å²) in [7, 11) is 1.60. The van der Waals surface area contributed by atoms with E-state index in [4.69, 9.17) is 15.2 Å². The summed E-state index contributed by atoms with van der Waals surface area (Å²) in [5.41, 5.74) is 6.28. The molecule has 90 valence electrons. The van der Waals surface area contributed by atoms with Crippen molar-refractivity contribution in [2.24, 2.45) is 5.73 Å². The van der Waals surface area contributed by atoms with E-state index in [1.54, 1.807) is 7.11 Å². The minimum atomic E-state index is -0.300. The van der Waals surface area contributed by atoms with E-state index in [9.17, 15) is 4.39 Å². The van der Waals surface area contributed by atoms with Crippen molar-refractivity contribution < 1.29 is 13.9 Å². The first-order valence-electron chi connectivity index (χ1n) is 5.31. The second-order valence-corrected chi connectivity index (χ2v) is 3.72. The summed E-state index contributed by atoms with van der Waals surface area (Å²) >= 11 is 0. The average Bonchev–Trinajstić information content (AvgIpc) is 2.17. The third-order valence-electron chi connectivity index (χ3n) is 2.10. The lowest BCUT2D eigenvalue weighted by atomic mass is 10.1. The fourth-order valence-electron chi connectivity index (χ4n) is 1.50. The second kappa shape index (κ2) is 6.45. The van der Waals surface area contributed by atoms with Crippen molar-refractivity contribution in [2.75, 3.05) is 20.3 Å². The first-order chi connectivity index (χ1) is 7.65. The molecule has 1 atom stereocenters. The van der Waals surface area contributed by atoms with Crippen LogP contribution in [0.1, 0.15) is 12.5 Å². The quantitative estimate of drug-likeness (QED) is 0.805. The number of methoxy groups -OCH3 is 1. The van der Waals surface area contributed by atoms with Crippen molar-refractivity contribution >= 4 is 0 Å². The molecule has 0 fully saturated rings. The van der Waals surface area contributed by atoms with Gasteiger partial charge in [-0.2, -0.15) is 0 Å². The topological polar surface area (TPSA) is 44.5 Å². The van der Waals surface area contributed by atoms with Crippen LogP contribution in [0.15, 0.2) is 18.2 Å². The SMILES string of the molecule is COCC(C)Oc1cc(F)cc(CCN)c1. The molecule has 1 rings (SSSR count). The Bertz CT molecular complexity index is 331. The highest BCUT2D eigenvalue weighted by Gasteiger charge is 2.06. The predicted octanol–water partition coefficient (Wildman–Crippen LogP) is 1.74. The molecule has 16 heavy (non-hydrogen) atoms. The smallest absolute Gasteiger partial charge is 0.127 e. The van der Waals surface area contributed by atoms with Gasteiger partial charge in [0.25, 0.3) is 0 Å². The molecule has 3 nitrogen and oxygen atoms in total. The highest BCUT2D eigenvalue weighted by atomic mass is 19.1. The molecule has 2 N–H and O–H groups in total. The Morgan fingerprint density at radius 1 is 1.38 bits per heavy atom. The Labute approximate surface area is 95.4 Å². The summed E-state index contributed by atoms with van der Waals surface area (Å²) in [6, 6.07) is 4.65. The summed E-state index contributed by atoms with van der Waals surface area (Å²) in [6.07, 6.45) is 0.546. The van der Waals surface area contributed by atoms with E-state index in [0.717, 1.165) is 5.56 Å². The highest BCUT2D eigenvalue weighted by Crippen LogP contribution is 2.18. The molecule has 0 aliphatic carbocycles. The number of hydrogen-bond donors (Lipinski definition) is 1. The summed E-state index contributed by atoms with van der Waals surface area (Å²) < 4.78 is 23.7. The van der Waals surface area contributed by atoms with Crippen molar-refractivity contribution in [3.05, 3.63) is 29.6 Å². The molecule has 1 aromatic carbocycles. The van der Waals surface area contributed by atoms with Gasteiger partial charge >= 0.3 is 0 Å². The number of nitrogens with two attached hydrogens (primary N) is 1. The summed E-state index contributed by atoms with van der Waals surface area (Å²) in [6.45, 7) is 2.84. The van der Waals surface area contributed by atoms with Crippen molar-refractivity contribution in [1.82, 2.24) is 0 Å². The summed E-state index contributed by atoms with van der Waals surface area (Å²) in [5, 5.41) is 0. The molecule has 0 spiro atoms. The average molecular weight is 227 g/mol. The minimum absolute atomic E-state index is 0.0995. The first-order valence-corrected chi connectivity index (χ1v) is 5.31. The van der Waals surface area contributed by atoms with E-state index < -0.39 is 0 Å². The van der Waals surface area contributed by atoms with Gasteiger partial charge in [0.15, 0.2) is 0 Å². The maximum Gasteiger partial charge on any atom is 0.127 e. The van der Waals surface area contributed by atoms with Crippen molar-refractivity contribution in [3.63, 3.8) is 0 Å². The second-order valence-electron chi connectivity index (χ2n) is 3.72. The molecule has 0 aliphatic rings. The number of benzene rings is 1. The Morgan fingerprint density at radius 2 is 2.12 bits per heavy atom. The zero-order valence-corrected chi connectivity index (χ0v) is 9.70. The standard InChI is InChI=1S/C12H18FNO2/c1-9(8-15-2)16-12-6-10(3-4-14)5-11(13)7-12/h5-7,9H,3-4,8,14H2,1-2H3. The van der Waals surface area contributed by atoms with Gasteiger partial charge in [0, 0.05) is 13.2 Å². The van der Waals surface area contributed by atoms with Gasteiger partial charge in [0.2, 0.25) is 0 Å². The van der Waals surface area contributed by atoms with E-state index in [-0.39, 0.29) is 11.9 Å². The van der Waals surface area contributed by atoms with Crippen LogP contribution in [0.25, 0.3) is 0 Å². The molecule has 0 amide bonds. The highest BCUT2D eigenvalue weighted by molar-refractivity contribution is 5.30. The minimum Gasteiger partial charge on any atom is -0.488 e. The Balaban J connectivity index is 2.71. The molecule has 0 aromatic heterocycles. The van der Waals surface area contributed by atoms with E-state index in [2.05, 4.69) is 0 Å². The van der Waals surface area contributed by atoms with E-state index >= 15 is 0 Å². The van der Waals surface area contributed by atoms with E-state index in [1.807, 2.05) is 13.0 Å². The van der Waals surface area contributed by atoms with Crippen LogP contribution in [0.4, 0.5) is 4.39 Å². The fraction of sp³-hybridized carbons (Fsp3) is 0.500. The van der Waals surface area contributed by atoms with Crippen LogP contribution in [-0.4, -0.2) is 26.4 Å². The summed E-state index contributed by atoms with van der Waals surface area (Å²) in [5.74, 6) is 0.221. The van der Waals surface area contributed by atoms with Crippen LogP contribution in [0.3, 0.4) is 0 Å². The molecular formula is C12H18FNO2.